The van der Waals surface area contributed by atoms with Crippen LogP contribution in [-0.2, 0) is 0 Å². The van der Waals surface area contributed by atoms with Gasteiger partial charge in [0, 0.05) is 46.7 Å². The van der Waals surface area contributed by atoms with Crippen LogP contribution in [0.3, 0.4) is 0 Å². The Kier molecular flexibility index (Phi) is 9.33. The Morgan fingerprint density at radius 2 is 0.889 bits per heavy atom. The highest BCUT2D eigenvalue weighted by molar-refractivity contribution is 6.07. The standard InChI is InChI=1S/C28H32N6O2/c1-3-17-31-25(29)19-9-13-23(14-10-19)33-27(35)21-5-7-22(8-6-21)28(36)34-24-15-11-20(12-16-24)26(30)32-18-4-2/h5-16H,3-4,17-18H2,1-2H3,(H2,29,31)(H2,30,32)(H,33,35)(H,34,36). The summed E-state index contributed by atoms with van der Waals surface area (Å²) in [7, 11) is 0. The van der Waals surface area contributed by atoms with E-state index in [-0.39, 0.29) is 11.8 Å². The summed E-state index contributed by atoms with van der Waals surface area (Å²) in [4.78, 5) is 33.8. The normalized spacial score (nSPS) is 11.7. The molecule has 0 radical (unpaired) electrons. The lowest BCUT2D eigenvalue weighted by Gasteiger charge is -2.09. The van der Waals surface area contributed by atoms with E-state index in [1.165, 1.54) is 0 Å². The van der Waals surface area contributed by atoms with Crippen LogP contribution in [0.4, 0.5) is 11.4 Å². The van der Waals surface area contributed by atoms with Crippen LogP contribution in [0, 0.1) is 0 Å². The Balaban J connectivity index is 1.58. The lowest BCUT2D eigenvalue weighted by molar-refractivity contribution is 0.101. The van der Waals surface area contributed by atoms with E-state index in [1.807, 2.05) is 38.1 Å². The number of amidine groups is 2. The molecule has 3 aromatic carbocycles. The summed E-state index contributed by atoms with van der Waals surface area (Å²) in [6.45, 7) is 5.42. The van der Waals surface area contributed by atoms with Gasteiger partial charge in [0.25, 0.3) is 11.8 Å². The number of carbonyl (C=O) groups excluding carboxylic acids is 2. The summed E-state index contributed by atoms with van der Waals surface area (Å²) in [5, 5.41) is 5.69. The van der Waals surface area contributed by atoms with Gasteiger partial charge in [0.1, 0.15) is 11.7 Å². The Bertz CT molecular complexity index is 1130. The topological polar surface area (TPSA) is 135 Å². The van der Waals surface area contributed by atoms with Crippen molar-refractivity contribution < 1.29 is 9.59 Å². The van der Waals surface area contributed by atoms with Gasteiger partial charge in [0.15, 0.2) is 0 Å². The molecule has 0 fully saturated rings. The summed E-state index contributed by atoms with van der Waals surface area (Å²) < 4.78 is 0. The largest absolute Gasteiger partial charge is 0.384 e. The van der Waals surface area contributed by atoms with Crippen LogP contribution in [0.25, 0.3) is 0 Å². The molecule has 8 heteroatoms. The molecule has 0 unspecified atom stereocenters. The van der Waals surface area contributed by atoms with Crippen molar-refractivity contribution in [3.63, 3.8) is 0 Å². The third kappa shape index (κ3) is 7.27. The predicted octanol–water partition coefficient (Wildman–Crippen LogP) is 4.42. The molecule has 8 nitrogen and oxygen atoms in total. The molecule has 0 atom stereocenters. The van der Waals surface area contributed by atoms with Crippen molar-refractivity contribution in [2.75, 3.05) is 23.7 Å². The highest BCUT2D eigenvalue weighted by Crippen LogP contribution is 2.15. The molecule has 0 saturated heterocycles. The highest BCUT2D eigenvalue weighted by Gasteiger charge is 2.10. The van der Waals surface area contributed by atoms with Gasteiger partial charge >= 0.3 is 0 Å². The second-order valence-electron chi connectivity index (χ2n) is 8.17. The fourth-order valence-electron chi connectivity index (χ4n) is 3.28. The molecular formula is C28H32N6O2. The minimum absolute atomic E-state index is 0.278. The molecular weight excluding hydrogens is 452 g/mol. The molecule has 0 spiro atoms. The number of nitrogens with two attached hydrogens (primary N) is 2. The fourth-order valence-corrected chi connectivity index (χ4v) is 3.28. The van der Waals surface area contributed by atoms with Crippen molar-refractivity contribution in [2.45, 2.75) is 26.7 Å². The van der Waals surface area contributed by atoms with Gasteiger partial charge in [0.05, 0.1) is 0 Å². The number of hydrogen-bond donors (Lipinski definition) is 4. The first-order chi connectivity index (χ1) is 17.4. The Labute approximate surface area is 211 Å². The average Bonchev–Trinajstić information content (AvgIpc) is 2.91. The molecule has 2 amide bonds. The summed E-state index contributed by atoms with van der Waals surface area (Å²) in [6, 6.07) is 20.8. The van der Waals surface area contributed by atoms with Crippen LogP contribution in [-0.4, -0.2) is 36.6 Å². The number of nitrogens with zero attached hydrogens (tertiary/aromatic N) is 2. The molecule has 186 valence electrons. The van der Waals surface area contributed by atoms with E-state index in [1.54, 1.807) is 48.5 Å². The Morgan fingerprint density at radius 3 is 1.19 bits per heavy atom. The molecule has 0 bridgehead atoms. The van der Waals surface area contributed by atoms with Gasteiger partial charge in [-0.15, -0.1) is 0 Å². The first-order valence-corrected chi connectivity index (χ1v) is 11.9. The molecule has 0 aliphatic heterocycles. The van der Waals surface area contributed by atoms with E-state index < -0.39 is 0 Å². The number of nitrogens with one attached hydrogen (secondary N) is 2. The summed E-state index contributed by atoms with van der Waals surface area (Å²) >= 11 is 0. The highest BCUT2D eigenvalue weighted by atomic mass is 16.2. The number of amides is 2. The lowest BCUT2D eigenvalue weighted by atomic mass is 10.1. The smallest absolute Gasteiger partial charge is 0.255 e. The van der Waals surface area contributed by atoms with Crippen molar-refractivity contribution in [3.05, 3.63) is 95.1 Å². The molecule has 36 heavy (non-hydrogen) atoms. The van der Waals surface area contributed by atoms with E-state index in [0.717, 1.165) is 24.0 Å². The minimum Gasteiger partial charge on any atom is -0.384 e. The zero-order valence-corrected chi connectivity index (χ0v) is 20.6. The van der Waals surface area contributed by atoms with Gasteiger partial charge in [-0.25, -0.2) is 0 Å². The third-order valence-corrected chi connectivity index (χ3v) is 5.30. The molecule has 0 heterocycles. The molecule has 0 saturated carbocycles. The van der Waals surface area contributed by atoms with Gasteiger partial charge in [0.2, 0.25) is 0 Å². The number of rotatable bonds is 10. The Hall–Kier alpha value is -4.46. The van der Waals surface area contributed by atoms with Crippen LogP contribution in [0.2, 0.25) is 0 Å². The second kappa shape index (κ2) is 12.9. The number of anilines is 2. The number of hydrogen-bond acceptors (Lipinski definition) is 4. The van der Waals surface area contributed by atoms with Crippen molar-refractivity contribution >= 4 is 34.9 Å². The second-order valence-corrected chi connectivity index (χ2v) is 8.17. The van der Waals surface area contributed by atoms with Gasteiger partial charge in [-0.1, -0.05) is 13.8 Å². The zero-order valence-electron chi connectivity index (χ0n) is 20.6. The van der Waals surface area contributed by atoms with Gasteiger partial charge in [-0.3, -0.25) is 19.6 Å². The van der Waals surface area contributed by atoms with Crippen LogP contribution in [0.1, 0.15) is 58.5 Å². The van der Waals surface area contributed by atoms with E-state index in [0.29, 0.717) is 47.3 Å². The SMILES string of the molecule is CCCN=C(N)c1ccc(NC(=O)c2ccc(C(=O)Nc3ccc(C(N)=NCCC)cc3)cc2)cc1. The lowest BCUT2D eigenvalue weighted by Crippen LogP contribution is -2.16. The number of benzene rings is 3. The molecule has 6 N–H and O–H groups in total. The van der Waals surface area contributed by atoms with Gasteiger partial charge in [-0.05, 0) is 85.6 Å². The van der Waals surface area contributed by atoms with Gasteiger partial charge < -0.3 is 22.1 Å². The molecule has 0 aliphatic rings. The summed E-state index contributed by atoms with van der Waals surface area (Å²) in [5.41, 5.74) is 15.7. The van der Waals surface area contributed by atoms with Crippen molar-refractivity contribution in [1.29, 1.82) is 0 Å². The maximum absolute atomic E-state index is 12.6. The molecule has 0 aromatic heterocycles. The van der Waals surface area contributed by atoms with Crippen molar-refractivity contribution in [1.82, 2.24) is 0 Å². The number of carbonyl (C=O) groups is 2. The van der Waals surface area contributed by atoms with Crippen LogP contribution >= 0.6 is 0 Å². The van der Waals surface area contributed by atoms with Crippen LogP contribution in [0.5, 0.6) is 0 Å². The quantitative estimate of drug-likeness (QED) is 0.250. The maximum atomic E-state index is 12.6. The predicted molar refractivity (Wildman–Crippen MR) is 147 cm³/mol. The number of aliphatic imine (C=N–C) groups is 2. The first-order valence-electron chi connectivity index (χ1n) is 11.9. The van der Waals surface area contributed by atoms with Gasteiger partial charge in [-0.2, -0.15) is 0 Å². The Morgan fingerprint density at radius 1 is 0.583 bits per heavy atom. The van der Waals surface area contributed by atoms with E-state index in [4.69, 9.17) is 11.5 Å². The fraction of sp³-hybridized carbons (Fsp3) is 0.214. The molecule has 3 aromatic rings. The van der Waals surface area contributed by atoms with Crippen LogP contribution < -0.4 is 22.1 Å². The van der Waals surface area contributed by atoms with E-state index in [9.17, 15) is 9.59 Å². The maximum Gasteiger partial charge on any atom is 0.255 e. The summed E-state index contributed by atoms with van der Waals surface area (Å²) in [6.07, 6.45) is 1.85. The first kappa shape index (κ1) is 26.2. The van der Waals surface area contributed by atoms with Crippen molar-refractivity contribution in [3.8, 4) is 0 Å². The van der Waals surface area contributed by atoms with E-state index >= 15 is 0 Å². The van der Waals surface area contributed by atoms with Crippen LogP contribution in [0.15, 0.2) is 82.8 Å². The molecule has 3 rings (SSSR count). The average molecular weight is 485 g/mol. The third-order valence-electron chi connectivity index (χ3n) is 5.30. The monoisotopic (exact) mass is 484 g/mol. The summed E-state index contributed by atoms with van der Waals surface area (Å²) in [5.74, 6) is 0.398. The zero-order chi connectivity index (χ0) is 25.9. The minimum atomic E-state index is -0.278. The molecule has 0 aliphatic carbocycles. The van der Waals surface area contributed by atoms with E-state index in [2.05, 4.69) is 20.6 Å². The van der Waals surface area contributed by atoms with Crippen molar-refractivity contribution in [2.24, 2.45) is 21.5 Å².